The highest BCUT2D eigenvalue weighted by Gasteiger charge is 2.30. The first-order chi connectivity index (χ1) is 13.8. The van der Waals surface area contributed by atoms with Crippen LogP contribution in [0.15, 0.2) is 54.6 Å². The standard InChI is InChI=1S/C23H26N2O4/c1-17(2)23(3,16-24)25-21(26)14-29-22(27)15-28-20-12-8-7-11-19(20)13-18-9-5-4-6-10-18/h4-12,17H,13-15H2,1-3H3,(H,25,26)/t23-/m0/s1. The third kappa shape index (κ3) is 6.65. The normalized spacial score (nSPS) is 12.5. The Morgan fingerprint density at radius 3 is 2.38 bits per heavy atom. The minimum atomic E-state index is -1.02. The van der Waals surface area contributed by atoms with Crippen LogP contribution < -0.4 is 10.1 Å². The molecule has 152 valence electrons. The van der Waals surface area contributed by atoms with Gasteiger partial charge < -0.3 is 14.8 Å². The van der Waals surface area contributed by atoms with Crippen molar-refractivity contribution in [3.05, 3.63) is 65.7 Å². The first-order valence-electron chi connectivity index (χ1n) is 9.46. The number of para-hydroxylation sites is 1. The van der Waals surface area contributed by atoms with Crippen LogP contribution in [-0.2, 0) is 20.7 Å². The molecule has 0 spiro atoms. The van der Waals surface area contributed by atoms with Crippen molar-refractivity contribution in [1.29, 1.82) is 5.26 Å². The van der Waals surface area contributed by atoms with E-state index in [-0.39, 0.29) is 12.5 Å². The molecule has 1 atom stereocenters. The number of amides is 1. The van der Waals surface area contributed by atoms with Gasteiger partial charge in [-0.15, -0.1) is 0 Å². The molecule has 0 bridgehead atoms. The van der Waals surface area contributed by atoms with Crippen molar-refractivity contribution in [1.82, 2.24) is 5.32 Å². The van der Waals surface area contributed by atoms with E-state index in [4.69, 9.17) is 9.47 Å². The Hall–Kier alpha value is -3.33. The van der Waals surface area contributed by atoms with Gasteiger partial charge in [0.2, 0.25) is 0 Å². The molecule has 0 saturated carbocycles. The molecule has 1 amide bonds. The molecule has 0 saturated heterocycles. The van der Waals surface area contributed by atoms with Crippen molar-refractivity contribution in [2.75, 3.05) is 13.2 Å². The Kier molecular flexibility index (Phi) is 7.79. The Morgan fingerprint density at radius 1 is 1.07 bits per heavy atom. The molecule has 2 aromatic carbocycles. The first-order valence-corrected chi connectivity index (χ1v) is 9.46. The van der Waals surface area contributed by atoms with Gasteiger partial charge in [0.15, 0.2) is 13.2 Å². The van der Waals surface area contributed by atoms with Crippen LogP contribution in [0.5, 0.6) is 5.75 Å². The van der Waals surface area contributed by atoms with E-state index in [1.807, 2.05) is 62.4 Å². The van der Waals surface area contributed by atoms with E-state index in [9.17, 15) is 14.9 Å². The van der Waals surface area contributed by atoms with Crippen molar-refractivity contribution < 1.29 is 19.1 Å². The van der Waals surface area contributed by atoms with Crippen LogP contribution in [0.1, 0.15) is 31.9 Å². The van der Waals surface area contributed by atoms with Gasteiger partial charge in [-0.05, 0) is 30.0 Å². The molecule has 0 aliphatic heterocycles. The Labute approximate surface area is 171 Å². The number of nitrogens with one attached hydrogen (secondary N) is 1. The zero-order valence-corrected chi connectivity index (χ0v) is 17.0. The van der Waals surface area contributed by atoms with Crippen LogP contribution >= 0.6 is 0 Å². The second-order valence-electron chi connectivity index (χ2n) is 7.24. The van der Waals surface area contributed by atoms with Crippen LogP contribution in [-0.4, -0.2) is 30.6 Å². The van der Waals surface area contributed by atoms with Crippen LogP contribution in [0, 0.1) is 17.2 Å². The van der Waals surface area contributed by atoms with E-state index >= 15 is 0 Å². The number of rotatable bonds is 9. The topological polar surface area (TPSA) is 88.4 Å². The van der Waals surface area contributed by atoms with Gasteiger partial charge in [-0.2, -0.15) is 5.26 Å². The van der Waals surface area contributed by atoms with Crippen molar-refractivity contribution >= 4 is 11.9 Å². The molecular weight excluding hydrogens is 368 g/mol. The van der Waals surface area contributed by atoms with Crippen molar-refractivity contribution in [3.8, 4) is 11.8 Å². The number of nitrogens with zero attached hydrogens (tertiary/aromatic N) is 1. The average molecular weight is 394 g/mol. The maximum absolute atomic E-state index is 12.0. The molecule has 0 fully saturated rings. The largest absolute Gasteiger partial charge is 0.482 e. The molecule has 1 N–H and O–H groups in total. The quantitative estimate of drug-likeness (QED) is 0.660. The van der Waals surface area contributed by atoms with Gasteiger partial charge in [-0.1, -0.05) is 62.4 Å². The van der Waals surface area contributed by atoms with Crippen LogP contribution in [0.25, 0.3) is 0 Å². The minimum absolute atomic E-state index is 0.0865. The second kappa shape index (κ2) is 10.3. The molecule has 29 heavy (non-hydrogen) atoms. The van der Waals surface area contributed by atoms with Gasteiger partial charge in [0.1, 0.15) is 11.3 Å². The number of carbonyl (C=O) groups is 2. The predicted octanol–water partition coefficient (Wildman–Crippen LogP) is 3.25. The number of esters is 1. The average Bonchev–Trinajstić information content (AvgIpc) is 2.72. The summed E-state index contributed by atoms with van der Waals surface area (Å²) in [6.07, 6.45) is 0.677. The molecule has 6 heteroatoms. The maximum atomic E-state index is 12.0. The lowest BCUT2D eigenvalue weighted by Gasteiger charge is -2.27. The molecule has 6 nitrogen and oxygen atoms in total. The zero-order valence-electron chi connectivity index (χ0n) is 17.0. The van der Waals surface area contributed by atoms with Crippen LogP contribution in [0.3, 0.4) is 0 Å². The number of benzene rings is 2. The number of hydrogen-bond donors (Lipinski definition) is 1. The summed E-state index contributed by atoms with van der Waals surface area (Å²) in [5, 5.41) is 11.8. The molecule has 2 rings (SSSR count). The van der Waals surface area contributed by atoms with Crippen LogP contribution in [0.2, 0.25) is 0 Å². The lowest BCUT2D eigenvalue weighted by atomic mass is 9.90. The molecule has 0 aliphatic rings. The highest BCUT2D eigenvalue weighted by molar-refractivity contribution is 5.81. The summed E-state index contributed by atoms with van der Waals surface area (Å²) in [4.78, 5) is 23.9. The van der Waals surface area contributed by atoms with E-state index < -0.39 is 24.0 Å². The third-order valence-corrected chi connectivity index (χ3v) is 4.71. The summed E-state index contributed by atoms with van der Waals surface area (Å²) in [6, 6.07) is 19.5. The van der Waals surface area contributed by atoms with E-state index in [2.05, 4.69) is 11.4 Å². The Balaban J connectivity index is 1.85. The van der Waals surface area contributed by atoms with E-state index in [0.29, 0.717) is 12.2 Å². The first kappa shape index (κ1) is 22.0. The summed E-state index contributed by atoms with van der Waals surface area (Å²) >= 11 is 0. The van der Waals surface area contributed by atoms with Gasteiger partial charge >= 0.3 is 5.97 Å². The second-order valence-corrected chi connectivity index (χ2v) is 7.24. The monoisotopic (exact) mass is 394 g/mol. The maximum Gasteiger partial charge on any atom is 0.344 e. The van der Waals surface area contributed by atoms with E-state index in [1.54, 1.807) is 13.0 Å². The smallest absolute Gasteiger partial charge is 0.344 e. The van der Waals surface area contributed by atoms with Gasteiger partial charge in [0.25, 0.3) is 5.91 Å². The molecule has 0 heterocycles. The van der Waals surface area contributed by atoms with Crippen molar-refractivity contribution in [2.45, 2.75) is 32.7 Å². The van der Waals surface area contributed by atoms with Gasteiger partial charge in [-0.25, -0.2) is 4.79 Å². The Morgan fingerprint density at radius 2 is 1.72 bits per heavy atom. The van der Waals surface area contributed by atoms with Crippen LogP contribution in [0.4, 0.5) is 0 Å². The SMILES string of the molecule is CC(C)[C@](C)(C#N)NC(=O)COC(=O)COc1ccccc1Cc1ccccc1. The fourth-order valence-electron chi connectivity index (χ4n) is 2.56. The summed E-state index contributed by atoms with van der Waals surface area (Å²) in [6.45, 7) is 4.52. The summed E-state index contributed by atoms with van der Waals surface area (Å²) in [5.41, 5.74) is 1.07. The molecule has 0 aliphatic carbocycles. The summed E-state index contributed by atoms with van der Waals surface area (Å²) in [5.74, 6) is -0.676. The number of carbonyl (C=O) groups excluding carboxylic acids is 2. The van der Waals surface area contributed by atoms with E-state index in [0.717, 1.165) is 11.1 Å². The highest BCUT2D eigenvalue weighted by atomic mass is 16.6. The fraction of sp³-hybridized carbons (Fsp3) is 0.348. The molecule has 0 radical (unpaired) electrons. The third-order valence-electron chi connectivity index (χ3n) is 4.71. The van der Waals surface area contributed by atoms with Crippen molar-refractivity contribution in [3.63, 3.8) is 0 Å². The highest BCUT2D eigenvalue weighted by Crippen LogP contribution is 2.21. The lowest BCUT2D eigenvalue weighted by Crippen LogP contribution is -2.50. The predicted molar refractivity (Wildman–Crippen MR) is 109 cm³/mol. The van der Waals surface area contributed by atoms with Gasteiger partial charge in [-0.3, -0.25) is 4.79 Å². The fourth-order valence-corrected chi connectivity index (χ4v) is 2.56. The number of nitriles is 1. The minimum Gasteiger partial charge on any atom is -0.482 e. The van der Waals surface area contributed by atoms with Gasteiger partial charge in [0.05, 0.1) is 6.07 Å². The molecule has 2 aromatic rings. The molecule has 0 unspecified atom stereocenters. The molecule has 0 aromatic heterocycles. The van der Waals surface area contributed by atoms with Gasteiger partial charge in [0, 0.05) is 6.42 Å². The summed E-state index contributed by atoms with van der Waals surface area (Å²) < 4.78 is 10.6. The zero-order chi connectivity index (χ0) is 21.3. The summed E-state index contributed by atoms with van der Waals surface area (Å²) in [7, 11) is 0. The number of ether oxygens (including phenoxy) is 2. The Bertz CT molecular complexity index is 874. The van der Waals surface area contributed by atoms with E-state index in [1.165, 1.54) is 0 Å². The number of hydrogen-bond acceptors (Lipinski definition) is 5. The van der Waals surface area contributed by atoms with Crippen molar-refractivity contribution in [2.24, 2.45) is 5.92 Å². The molecular formula is C23H26N2O4. The lowest BCUT2D eigenvalue weighted by molar-refractivity contribution is -0.150.